The summed E-state index contributed by atoms with van der Waals surface area (Å²) in [5, 5.41) is 22.0. The Morgan fingerprint density at radius 2 is 2.30 bits per heavy atom. The van der Waals surface area contributed by atoms with Crippen LogP contribution in [0.3, 0.4) is 0 Å². The minimum Gasteiger partial charge on any atom is -0.465 e. The number of amides is 1. The van der Waals surface area contributed by atoms with Gasteiger partial charge in [-0.25, -0.2) is 9.18 Å². The molecule has 6 nitrogen and oxygen atoms in total. The largest absolute Gasteiger partial charge is 0.465 e. The smallest absolute Gasteiger partial charge is 0.407 e. The van der Waals surface area contributed by atoms with Gasteiger partial charge in [0, 0.05) is 30.2 Å². The first-order valence-corrected chi connectivity index (χ1v) is 7.38. The fraction of sp³-hybridized carbons (Fsp3) is 0.375. The van der Waals surface area contributed by atoms with E-state index in [4.69, 9.17) is 5.11 Å². The van der Waals surface area contributed by atoms with Crippen molar-refractivity contribution in [2.75, 3.05) is 18.4 Å². The number of rotatable bonds is 2. The average Bonchev–Trinajstić information content (AvgIpc) is 3.08. The number of nitrogens with one attached hydrogen (secondary N) is 2. The molecular weight excluding hydrogens is 299 g/mol. The number of halogens is 1. The van der Waals surface area contributed by atoms with Crippen molar-refractivity contribution < 1.29 is 14.3 Å². The summed E-state index contributed by atoms with van der Waals surface area (Å²) in [7, 11) is 0. The highest BCUT2D eigenvalue weighted by Crippen LogP contribution is 2.34. The van der Waals surface area contributed by atoms with Gasteiger partial charge in [-0.3, -0.25) is 0 Å². The summed E-state index contributed by atoms with van der Waals surface area (Å²) in [4.78, 5) is 15.4. The number of H-pyrrole nitrogens is 1. The average molecular weight is 316 g/mol. The molecule has 2 heterocycles. The lowest BCUT2D eigenvalue weighted by Gasteiger charge is -2.17. The third kappa shape index (κ3) is 2.46. The highest BCUT2D eigenvalue weighted by molar-refractivity contribution is 5.99. The predicted molar refractivity (Wildman–Crippen MR) is 84.1 cm³/mol. The van der Waals surface area contributed by atoms with E-state index in [9.17, 15) is 14.4 Å². The number of likely N-dealkylation sites (tertiary alicyclic amines) is 1. The molecule has 23 heavy (non-hydrogen) atoms. The zero-order valence-corrected chi connectivity index (χ0v) is 12.9. The lowest BCUT2D eigenvalue weighted by molar-refractivity contribution is 0.155. The van der Waals surface area contributed by atoms with E-state index in [0.29, 0.717) is 36.1 Å². The number of nitriles is 1. The van der Waals surface area contributed by atoms with E-state index in [1.165, 1.54) is 11.0 Å². The second kappa shape index (κ2) is 5.47. The second-order valence-electron chi connectivity index (χ2n) is 5.88. The maximum atomic E-state index is 14.5. The maximum Gasteiger partial charge on any atom is 0.407 e. The van der Waals surface area contributed by atoms with Crippen LogP contribution in [0.4, 0.5) is 14.9 Å². The van der Waals surface area contributed by atoms with Crippen molar-refractivity contribution in [2.45, 2.75) is 26.3 Å². The number of fused-ring (bicyclic) bond motifs is 1. The molecule has 1 fully saturated rings. The van der Waals surface area contributed by atoms with E-state index in [2.05, 4.69) is 10.3 Å². The molecule has 7 heteroatoms. The van der Waals surface area contributed by atoms with Crippen LogP contribution in [-0.2, 0) is 0 Å². The summed E-state index contributed by atoms with van der Waals surface area (Å²) in [6.45, 7) is 4.50. The van der Waals surface area contributed by atoms with Crippen LogP contribution in [0.25, 0.3) is 10.9 Å². The Morgan fingerprint density at radius 1 is 1.57 bits per heavy atom. The van der Waals surface area contributed by atoms with Crippen LogP contribution >= 0.6 is 0 Å². The number of carbonyl (C=O) groups is 1. The Kier molecular flexibility index (Phi) is 3.60. The highest BCUT2D eigenvalue weighted by Gasteiger charge is 2.27. The molecule has 1 amide bonds. The van der Waals surface area contributed by atoms with Crippen molar-refractivity contribution in [2.24, 2.45) is 0 Å². The van der Waals surface area contributed by atoms with Gasteiger partial charge in [0.1, 0.15) is 11.9 Å². The molecule has 1 aliphatic rings. The molecule has 1 saturated heterocycles. The molecule has 0 aliphatic carbocycles. The lowest BCUT2D eigenvalue weighted by atomic mass is 10.1. The topological polar surface area (TPSA) is 92.2 Å². The molecule has 1 unspecified atom stereocenters. The normalized spacial score (nSPS) is 17.5. The molecule has 1 atom stereocenters. The van der Waals surface area contributed by atoms with Crippen molar-refractivity contribution in [1.82, 2.24) is 9.88 Å². The number of hydrogen-bond donors (Lipinski definition) is 3. The number of aromatic nitrogens is 1. The van der Waals surface area contributed by atoms with Crippen LogP contribution in [0.2, 0.25) is 0 Å². The summed E-state index contributed by atoms with van der Waals surface area (Å²) in [6, 6.07) is 3.07. The van der Waals surface area contributed by atoms with E-state index in [1.807, 2.05) is 19.9 Å². The summed E-state index contributed by atoms with van der Waals surface area (Å²) in [6.07, 6.45) is -0.344. The van der Waals surface area contributed by atoms with Crippen molar-refractivity contribution in [3.05, 3.63) is 28.7 Å². The Balaban J connectivity index is 2.03. The van der Waals surface area contributed by atoms with Crippen LogP contribution < -0.4 is 5.32 Å². The first-order valence-electron chi connectivity index (χ1n) is 7.38. The van der Waals surface area contributed by atoms with Gasteiger partial charge in [0.15, 0.2) is 0 Å². The molecule has 0 saturated carbocycles. The van der Waals surface area contributed by atoms with E-state index >= 15 is 0 Å². The molecule has 3 N–H and O–H groups in total. The fourth-order valence-electron chi connectivity index (χ4n) is 3.11. The van der Waals surface area contributed by atoms with Crippen molar-refractivity contribution >= 4 is 22.7 Å². The molecule has 0 spiro atoms. The van der Waals surface area contributed by atoms with Crippen molar-refractivity contribution in [1.29, 1.82) is 5.26 Å². The van der Waals surface area contributed by atoms with Crippen molar-refractivity contribution in [3.8, 4) is 6.07 Å². The fourth-order valence-corrected chi connectivity index (χ4v) is 3.11. The minimum atomic E-state index is -0.964. The number of carboxylic acid groups (broad SMARTS) is 1. The van der Waals surface area contributed by atoms with Gasteiger partial charge < -0.3 is 20.3 Å². The van der Waals surface area contributed by atoms with Crippen LogP contribution in [-0.4, -0.2) is 40.2 Å². The minimum absolute atomic E-state index is 0.147. The van der Waals surface area contributed by atoms with Gasteiger partial charge in [-0.1, -0.05) is 0 Å². The molecule has 1 aromatic heterocycles. The first kappa shape index (κ1) is 15.2. The van der Waals surface area contributed by atoms with E-state index < -0.39 is 11.9 Å². The predicted octanol–water partition coefficient (Wildman–Crippen LogP) is 2.96. The quantitative estimate of drug-likeness (QED) is 0.794. The van der Waals surface area contributed by atoms with Gasteiger partial charge >= 0.3 is 6.09 Å². The summed E-state index contributed by atoms with van der Waals surface area (Å²) in [5.41, 5.74) is 2.96. The molecule has 1 aromatic carbocycles. The molecule has 120 valence electrons. The number of nitrogens with zero attached hydrogens (tertiary/aromatic N) is 2. The van der Waals surface area contributed by atoms with E-state index in [0.717, 1.165) is 11.3 Å². The van der Waals surface area contributed by atoms with Gasteiger partial charge in [0.2, 0.25) is 0 Å². The molecule has 1 aliphatic heterocycles. The number of aryl methyl sites for hydroxylation is 2. The monoisotopic (exact) mass is 316 g/mol. The Hall–Kier alpha value is -2.75. The third-order valence-corrected chi connectivity index (χ3v) is 4.46. The van der Waals surface area contributed by atoms with Crippen LogP contribution in [0.15, 0.2) is 6.07 Å². The van der Waals surface area contributed by atoms with Crippen LogP contribution in [0, 0.1) is 31.0 Å². The lowest BCUT2D eigenvalue weighted by Crippen LogP contribution is -2.30. The summed E-state index contributed by atoms with van der Waals surface area (Å²) in [5.74, 6) is -0.495. The zero-order chi connectivity index (χ0) is 16.7. The number of hydrogen-bond acceptors (Lipinski definition) is 3. The van der Waals surface area contributed by atoms with E-state index in [-0.39, 0.29) is 11.6 Å². The Morgan fingerprint density at radius 3 is 2.91 bits per heavy atom. The summed E-state index contributed by atoms with van der Waals surface area (Å²) >= 11 is 0. The summed E-state index contributed by atoms with van der Waals surface area (Å²) < 4.78 is 14.5. The SMILES string of the molecule is Cc1[nH]c2c(C#N)cc(F)c(NC3CCN(C(=O)O)C3)c2c1C. The first-order chi connectivity index (χ1) is 10.9. The van der Waals surface area contributed by atoms with Gasteiger partial charge in [-0.15, -0.1) is 0 Å². The number of anilines is 1. The Bertz CT molecular complexity index is 837. The highest BCUT2D eigenvalue weighted by atomic mass is 19.1. The van der Waals surface area contributed by atoms with Crippen LogP contribution in [0.5, 0.6) is 0 Å². The maximum absolute atomic E-state index is 14.5. The van der Waals surface area contributed by atoms with Crippen molar-refractivity contribution in [3.63, 3.8) is 0 Å². The zero-order valence-electron chi connectivity index (χ0n) is 12.9. The van der Waals surface area contributed by atoms with Gasteiger partial charge in [-0.2, -0.15) is 5.26 Å². The van der Waals surface area contributed by atoms with Gasteiger partial charge in [0.05, 0.1) is 16.8 Å². The molecule has 2 aromatic rings. The van der Waals surface area contributed by atoms with Gasteiger partial charge in [0.25, 0.3) is 0 Å². The molecule has 0 radical (unpaired) electrons. The third-order valence-electron chi connectivity index (χ3n) is 4.46. The standard InChI is InChI=1S/C16H17FN4O2/c1-8-9(2)19-14-10(6-18)5-12(17)15(13(8)14)20-11-3-4-21(7-11)16(22)23/h5,11,19-20H,3-4,7H2,1-2H3,(H,22,23). The van der Waals surface area contributed by atoms with Gasteiger partial charge in [-0.05, 0) is 31.9 Å². The van der Waals surface area contributed by atoms with E-state index in [1.54, 1.807) is 0 Å². The second-order valence-corrected chi connectivity index (χ2v) is 5.88. The molecule has 3 rings (SSSR count). The Labute approximate surface area is 132 Å². The number of benzene rings is 1. The van der Waals surface area contributed by atoms with Crippen LogP contribution in [0.1, 0.15) is 23.2 Å². The number of aromatic amines is 1. The molecular formula is C16H17FN4O2. The molecule has 0 bridgehead atoms.